The number of hydrogen-bond acceptors (Lipinski definition) is 4. The van der Waals surface area contributed by atoms with Crippen LogP contribution in [0, 0.1) is 0 Å². The van der Waals surface area contributed by atoms with Crippen molar-refractivity contribution in [1.29, 1.82) is 0 Å². The topological polar surface area (TPSA) is 66.9 Å². The molecule has 0 fully saturated rings. The maximum Gasteiger partial charge on any atom is 0.251 e. The normalized spacial score (nSPS) is 10.5. The molecule has 4 rings (SSSR count). The Morgan fingerprint density at radius 3 is 2.16 bits per heavy atom. The van der Waals surface area contributed by atoms with Crippen LogP contribution in [-0.2, 0) is 13.1 Å². The number of carbonyl (C=O) groups is 1. The van der Waals surface area contributed by atoms with Gasteiger partial charge in [-0.25, -0.2) is 9.97 Å². The number of hydrogen-bond donors (Lipinski definition) is 2. The largest absolute Gasteiger partial charge is 0.350 e. The molecule has 1 aromatic heterocycles. The summed E-state index contributed by atoms with van der Waals surface area (Å²) in [4.78, 5) is 21.2. The van der Waals surface area contributed by atoms with Gasteiger partial charge >= 0.3 is 0 Å². The molecule has 6 heteroatoms. The van der Waals surface area contributed by atoms with E-state index in [0.717, 1.165) is 16.7 Å². The molecule has 3 aromatic carbocycles. The molecule has 0 saturated carbocycles. The Balaban J connectivity index is 1.35. The van der Waals surface area contributed by atoms with Gasteiger partial charge in [0.1, 0.15) is 0 Å². The van der Waals surface area contributed by atoms with Crippen molar-refractivity contribution in [2.24, 2.45) is 0 Å². The van der Waals surface area contributed by atoms with Gasteiger partial charge in [0.2, 0.25) is 5.95 Å². The number of nitrogens with zero attached hydrogens (tertiary/aromatic N) is 2. The monoisotopic (exact) mass is 428 g/mol. The number of carbonyl (C=O) groups excluding carboxylic acids is 1. The van der Waals surface area contributed by atoms with E-state index >= 15 is 0 Å². The minimum atomic E-state index is -0.150. The van der Waals surface area contributed by atoms with Crippen molar-refractivity contribution < 1.29 is 4.79 Å². The van der Waals surface area contributed by atoms with Gasteiger partial charge in [-0.05, 0) is 34.9 Å². The summed E-state index contributed by atoms with van der Waals surface area (Å²) in [5, 5.41) is 6.74. The van der Waals surface area contributed by atoms with E-state index in [2.05, 4.69) is 20.6 Å². The number of rotatable bonds is 7. The van der Waals surface area contributed by atoms with Gasteiger partial charge in [-0.3, -0.25) is 4.79 Å². The molecule has 0 aliphatic carbocycles. The molecule has 0 saturated heterocycles. The van der Waals surface area contributed by atoms with Crippen molar-refractivity contribution in [3.63, 3.8) is 0 Å². The van der Waals surface area contributed by atoms with Gasteiger partial charge < -0.3 is 10.6 Å². The fourth-order valence-corrected chi connectivity index (χ4v) is 3.28. The van der Waals surface area contributed by atoms with E-state index in [9.17, 15) is 4.79 Å². The third-order valence-corrected chi connectivity index (χ3v) is 5.19. The van der Waals surface area contributed by atoms with E-state index in [1.807, 2.05) is 66.7 Å². The van der Waals surface area contributed by atoms with Crippen LogP contribution in [0.2, 0.25) is 5.02 Å². The number of aromatic nitrogens is 2. The zero-order chi connectivity index (χ0) is 21.5. The Hall–Kier alpha value is -3.70. The molecule has 1 amide bonds. The highest BCUT2D eigenvalue weighted by atomic mass is 35.5. The third kappa shape index (κ3) is 5.47. The first-order chi connectivity index (χ1) is 15.2. The Bertz CT molecular complexity index is 1150. The number of nitrogens with one attached hydrogen (secondary N) is 2. The van der Waals surface area contributed by atoms with Crippen molar-refractivity contribution in [1.82, 2.24) is 15.3 Å². The average Bonchev–Trinajstić information content (AvgIpc) is 2.83. The van der Waals surface area contributed by atoms with Gasteiger partial charge in [-0.15, -0.1) is 0 Å². The fraction of sp³-hybridized carbons (Fsp3) is 0.0800. The van der Waals surface area contributed by atoms with E-state index in [0.29, 0.717) is 29.6 Å². The smallest absolute Gasteiger partial charge is 0.251 e. The zero-order valence-electron chi connectivity index (χ0n) is 16.8. The summed E-state index contributed by atoms with van der Waals surface area (Å²) in [5.74, 6) is 0.423. The molecule has 0 atom stereocenters. The first-order valence-corrected chi connectivity index (χ1v) is 10.3. The maximum absolute atomic E-state index is 12.4. The number of amides is 1. The van der Waals surface area contributed by atoms with Crippen LogP contribution in [0.5, 0.6) is 0 Å². The van der Waals surface area contributed by atoms with Crippen molar-refractivity contribution in [2.75, 3.05) is 5.32 Å². The number of benzene rings is 3. The fourth-order valence-electron chi connectivity index (χ4n) is 3.08. The van der Waals surface area contributed by atoms with Crippen LogP contribution < -0.4 is 10.6 Å². The maximum atomic E-state index is 12.4. The Kier molecular flexibility index (Phi) is 6.55. The minimum absolute atomic E-state index is 0.150. The highest BCUT2D eigenvalue weighted by molar-refractivity contribution is 6.31. The molecule has 5 nitrogen and oxygen atoms in total. The Labute approximate surface area is 186 Å². The summed E-state index contributed by atoms with van der Waals surface area (Å²) in [6.07, 6.45) is 3.54. The zero-order valence-corrected chi connectivity index (χ0v) is 17.5. The SMILES string of the molecule is O=C(NCc1ccccc1Cl)c1ccc(-c2cnc(NCc3ccccc3)nc2)cc1. The molecule has 154 valence electrons. The van der Waals surface area contributed by atoms with E-state index in [4.69, 9.17) is 11.6 Å². The first-order valence-electron chi connectivity index (χ1n) is 9.91. The summed E-state index contributed by atoms with van der Waals surface area (Å²) in [7, 11) is 0. The molecule has 1 heterocycles. The van der Waals surface area contributed by atoms with Crippen LogP contribution in [-0.4, -0.2) is 15.9 Å². The van der Waals surface area contributed by atoms with Crippen LogP contribution in [0.25, 0.3) is 11.1 Å². The van der Waals surface area contributed by atoms with Gasteiger partial charge in [0.05, 0.1) is 0 Å². The van der Waals surface area contributed by atoms with Gasteiger partial charge in [0, 0.05) is 41.6 Å². The summed E-state index contributed by atoms with van der Waals surface area (Å²) >= 11 is 6.14. The lowest BCUT2D eigenvalue weighted by Gasteiger charge is -2.08. The van der Waals surface area contributed by atoms with E-state index in [1.165, 1.54) is 5.56 Å². The molecule has 0 radical (unpaired) electrons. The van der Waals surface area contributed by atoms with Crippen molar-refractivity contribution in [2.45, 2.75) is 13.1 Å². The Morgan fingerprint density at radius 2 is 1.45 bits per heavy atom. The second kappa shape index (κ2) is 9.87. The van der Waals surface area contributed by atoms with Crippen molar-refractivity contribution in [3.8, 4) is 11.1 Å². The molecular weight excluding hydrogens is 408 g/mol. The molecule has 4 aromatic rings. The second-order valence-corrected chi connectivity index (χ2v) is 7.39. The van der Waals surface area contributed by atoms with Crippen LogP contribution >= 0.6 is 11.6 Å². The van der Waals surface area contributed by atoms with Crippen molar-refractivity contribution in [3.05, 3.63) is 113 Å². The lowest BCUT2D eigenvalue weighted by atomic mass is 10.1. The molecule has 0 aliphatic heterocycles. The van der Waals surface area contributed by atoms with Crippen LogP contribution in [0.4, 0.5) is 5.95 Å². The summed E-state index contributed by atoms with van der Waals surface area (Å²) in [6.45, 7) is 1.05. The highest BCUT2D eigenvalue weighted by Crippen LogP contribution is 2.19. The quantitative estimate of drug-likeness (QED) is 0.417. The lowest BCUT2D eigenvalue weighted by Crippen LogP contribution is -2.22. The molecule has 2 N–H and O–H groups in total. The predicted molar refractivity (Wildman–Crippen MR) is 124 cm³/mol. The van der Waals surface area contributed by atoms with Gasteiger partial charge in [-0.2, -0.15) is 0 Å². The van der Waals surface area contributed by atoms with E-state index < -0.39 is 0 Å². The summed E-state index contributed by atoms with van der Waals surface area (Å²) < 4.78 is 0. The Morgan fingerprint density at radius 1 is 0.774 bits per heavy atom. The van der Waals surface area contributed by atoms with Gasteiger partial charge in [-0.1, -0.05) is 72.3 Å². The van der Waals surface area contributed by atoms with Crippen LogP contribution in [0.1, 0.15) is 21.5 Å². The second-order valence-electron chi connectivity index (χ2n) is 6.99. The molecule has 0 aliphatic rings. The number of halogens is 1. The highest BCUT2D eigenvalue weighted by Gasteiger charge is 2.08. The van der Waals surface area contributed by atoms with Gasteiger partial charge in [0.25, 0.3) is 5.91 Å². The van der Waals surface area contributed by atoms with E-state index in [-0.39, 0.29) is 5.91 Å². The molecule has 0 spiro atoms. The molecular formula is C25H21ClN4O. The van der Waals surface area contributed by atoms with Gasteiger partial charge in [0.15, 0.2) is 0 Å². The summed E-state index contributed by atoms with van der Waals surface area (Å²) in [5.41, 5.74) is 4.45. The van der Waals surface area contributed by atoms with Crippen LogP contribution in [0.3, 0.4) is 0 Å². The van der Waals surface area contributed by atoms with E-state index in [1.54, 1.807) is 24.5 Å². The van der Waals surface area contributed by atoms with Crippen LogP contribution in [0.15, 0.2) is 91.3 Å². The predicted octanol–water partition coefficient (Wildman–Crippen LogP) is 5.34. The number of anilines is 1. The molecule has 0 unspecified atom stereocenters. The summed E-state index contributed by atoms with van der Waals surface area (Å²) in [6, 6.07) is 24.9. The standard InChI is InChI=1S/C25H21ClN4O/c26-23-9-5-4-8-21(23)15-27-24(31)20-12-10-19(11-13-20)22-16-29-25(30-17-22)28-14-18-6-2-1-3-7-18/h1-13,16-17H,14-15H2,(H,27,31)(H,28,29,30). The minimum Gasteiger partial charge on any atom is -0.350 e. The van der Waals surface area contributed by atoms with Crippen molar-refractivity contribution >= 4 is 23.5 Å². The first kappa shape index (κ1) is 20.6. The molecule has 0 bridgehead atoms. The lowest BCUT2D eigenvalue weighted by molar-refractivity contribution is 0.0951. The third-order valence-electron chi connectivity index (χ3n) is 4.82. The molecule has 31 heavy (non-hydrogen) atoms. The average molecular weight is 429 g/mol.